The number of cyclic esters (lactones) is 1. The van der Waals surface area contributed by atoms with E-state index in [4.69, 9.17) is 5.11 Å². The second kappa shape index (κ2) is 4.54. The first kappa shape index (κ1) is 10.7. The van der Waals surface area contributed by atoms with E-state index in [2.05, 4.69) is 11.3 Å². The molecule has 0 aromatic carbocycles. The molecular weight excluding hydrogens is 160 g/mol. The summed E-state index contributed by atoms with van der Waals surface area (Å²) in [7, 11) is 0. The van der Waals surface area contributed by atoms with Crippen molar-refractivity contribution in [3.8, 4) is 0 Å². The topological polar surface area (TPSA) is 63.6 Å². The molecule has 12 heavy (non-hydrogen) atoms. The van der Waals surface area contributed by atoms with E-state index in [0.29, 0.717) is 6.61 Å². The van der Waals surface area contributed by atoms with Gasteiger partial charge in [0.05, 0.1) is 5.92 Å². The highest BCUT2D eigenvalue weighted by Crippen LogP contribution is 2.08. The predicted octanol–water partition coefficient (Wildman–Crippen LogP) is 0.826. The van der Waals surface area contributed by atoms with Crippen LogP contribution in [0.4, 0.5) is 0 Å². The molecule has 0 radical (unpaired) electrons. The summed E-state index contributed by atoms with van der Waals surface area (Å²) < 4.78 is 4.40. The van der Waals surface area contributed by atoms with E-state index in [1.807, 2.05) is 6.92 Å². The van der Waals surface area contributed by atoms with Crippen LogP contribution in [0.5, 0.6) is 0 Å². The van der Waals surface area contributed by atoms with Crippen molar-refractivity contribution in [2.45, 2.75) is 13.8 Å². The van der Waals surface area contributed by atoms with Crippen LogP contribution >= 0.6 is 0 Å². The van der Waals surface area contributed by atoms with Gasteiger partial charge in [-0.2, -0.15) is 0 Å². The number of carboxylic acid groups (broad SMARTS) is 1. The Morgan fingerprint density at radius 2 is 2.08 bits per heavy atom. The summed E-state index contributed by atoms with van der Waals surface area (Å²) in [5.41, 5.74) is 0.176. The van der Waals surface area contributed by atoms with Crippen LogP contribution in [0.15, 0.2) is 12.2 Å². The molecule has 1 unspecified atom stereocenters. The molecule has 0 spiro atoms. The molecule has 1 N–H and O–H groups in total. The molecular formula is C8H12O4. The summed E-state index contributed by atoms with van der Waals surface area (Å²) in [6, 6.07) is 0. The molecule has 1 fully saturated rings. The van der Waals surface area contributed by atoms with Gasteiger partial charge in [0.25, 0.3) is 0 Å². The standard InChI is InChI=1S/2C4H6O2/c1-3-2-6-4(3)5;1-3(2)4(5)6/h3H,2H2,1H3;1H2,2H3,(H,5,6). The van der Waals surface area contributed by atoms with Gasteiger partial charge in [0.1, 0.15) is 6.61 Å². The zero-order chi connectivity index (χ0) is 9.72. The lowest BCUT2D eigenvalue weighted by molar-refractivity contribution is -0.166. The van der Waals surface area contributed by atoms with Crippen LogP contribution in [-0.2, 0) is 14.3 Å². The van der Waals surface area contributed by atoms with E-state index in [1.54, 1.807) is 0 Å². The SMILES string of the molecule is C=C(C)C(=O)O.CC1COC1=O. The van der Waals surface area contributed by atoms with Crippen molar-refractivity contribution in [1.82, 2.24) is 0 Å². The minimum absolute atomic E-state index is 0.0602. The number of carbonyl (C=O) groups excluding carboxylic acids is 1. The van der Waals surface area contributed by atoms with Crippen LogP contribution in [-0.4, -0.2) is 23.7 Å². The second-order valence-corrected chi connectivity index (χ2v) is 2.62. The number of carbonyl (C=O) groups is 2. The van der Waals surface area contributed by atoms with E-state index in [1.165, 1.54) is 6.92 Å². The summed E-state index contributed by atoms with van der Waals surface area (Å²) in [6.07, 6.45) is 0. The van der Waals surface area contributed by atoms with E-state index in [-0.39, 0.29) is 17.5 Å². The zero-order valence-corrected chi connectivity index (χ0v) is 7.16. The number of aliphatic carboxylic acids is 1. The first-order chi connectivity index (χ1) is 5.45. The third kappa shape index (κ3) is 3.75. The van der Waals surface area contributed by atoms with Gasteiger partial charge in [0, 0.05) is 5.57 Å². The fraction of sp³-hybridized carbons (Fsp3) is 0.500. The molecule has 1 aliphatic heterocycles. The van der Waals surface area contributed by atoms with Crippen molar-refractivity contribution < 1.29 is 19.4 Å². The highest BCUT2D eigenvalue weighted by molar-refractivity contribution is 5.84. The van der Waals surface area contributed by atoms with Gasteiger partial charge in [0.2, 0.25) is 0 Å². The lowest BCUT2D eigenvalue weighted by Crippen LogP contribution is -2.31. The van der Waals surface area contributed by atoms with Crippen LogP contribution in [0.2, 0.25) is 0 Å². The van der Waals surface area contributed by atoms with E-state index >= 15 is 0 Å². The van der Waals surface area contributed by atoms with E-state index in [9.17, 15) is 9.59 Å². The smallest absolute Gasteiger partial charge is 0.330 e. The Labute approximate surface area is 70.8 Å². The molecule has 0 aromatic rings. The Balaban J connectivity index is 0.000000202. The van der Waals surface area contributed by atoms with Gasteiger partial charge in [-0.1, -0.05) is 6.58 Å². The molecule has 1 atom stereocenters. The Kier molecular flexibility index (Phi) is 4.04. The number of esters is 1. The number of hydrogen-bond donors (Lipinski definition) is 1. The van der Waals surface area contributed by atoms with Crippen molar-refractivity contribution in [2.75, 3.05) is 6.61 Å². The molecule has 1 aliphatic rings. The minimum atomic E-state index is -0.935. The Bertz CT molecular complexity index is 195. The van der Waals surface area contributed by atoms with Crippen molar-refractivity contribution in [1.29, 1.82) is 0 Å². The molecule has 4 heteroatoms. The monoisotopic (exact) mass is 172 g/mol. The predicted molar refractivity (Wildman–Crippen MR) is 42.6 cm³/mol. The maximum absolute atomic E-state index is 10.0. The summed E-state index contributed by atoms with van der Waals surface area (Å²) >= 11 is 0. The van der Waals surface area contributed by atoms with Crippen LogP contribution in [0.1, 0.15) is 13.8 Å². The molecule has 0 aliphatic carbocycles. The molecule has 1 saturated heterocycles. The largest absolute Gasteiger partial charge is 0.478 e. The van der Waals surface area contributed by atoms with Crippen LogP contribution < -0.4 is 0 Å². The maximum Gasteiger partial charge on any atom is 0.330 e. The first-order valence-corrected chi connectivity index (χ1v) is 3.50. The number of carboxylic acids is 1. The number of hydrogen-bond acceptors (Lipinski definition) is 3. The Hall–Kier alpha value is -1.32. The average molecular weight is 172 g/mol. The highest BCUT2D eigenvalue weighted by Gasteiger charge is 2.24. The maximum atomic E-state index is 10.0. The van der Waals surface area contributed by atoms with E-state index < -0.39 is 5.97 Å². The highest BCUT2D eigenvalue weighted by atomic mass is 16.6. The summed E-state index contributed by atoms with van der Waals surface area (Å²) in [5.74, 6) is -0.824. The van der Waals surface area contributed by atoms with Crippen molar-refractivity contribution in [2.24, 2.45) is 5.92 Å². The van der Waals surface area contributed by atoms with Gasteiger partial charge in [-0.25, -0.2) is 4.79 Å². The molecule has 1 heterocycles. The second-order valence-electron chi connectivity index (χ2n) is 2.62. The van der Waals surface area contributed by atoms with Crippen LogP contribution in [0, 0.1) is 5.92 Å². The molecule has 0 bridgehead atoms. The zero-order valence-electron chi connectivity index (χ0n) is 7.16. The van der Waals surface area contributed by atoms with Gasteiger partial charge >= 0.3 is 11.9 Å². The molecule has 0 saturated carbocycles. The third-order valence-electron chi connectivity index (χ3n) is 1.24. The van der Waals surface area contributed by atoms with Crippen molar-refractivity contribution >= 4 is 11.9 Å². The third-order valence-corrected chi connectivity index (χ3v) is 1.24. The lowest BCUT2D eigenvalue weighted by atomic mass is 10.1. The summed E-state index contributed by atoms with van der Waals surface area (Å²) in [5, 5.41) is 7.89. The van der Waals surface area contributed by atoms with Crippen LogP contribution in [0.3, 0.4) is 0 Å². The molecule has 0 amide bonds. The average Bonchev–Trinajstić information content (AvgIpc) is 2.02. The Morgan fingerprint density at radius 3 is 2.08 bits per heavy atom. The summed E-state index contributed by atoms with van der Waals surface area (Å²) in [6.45, 7) is 7.08. The fourth-order valence-corrected chi connectivity index (χ4v) is 0.318. The van der Waals surface area contributed by atoms with E-state index in [0.717, 1.165) is 0 Å². The Morgan fingerprint density at radius 1 is 1.75 bits per heavy atom. The van der Waals surface area contributed by atoms with Crippen molar-refractivity contribution in [3.05, 3.63) is 12.2 Å². The molecule has 1 rings (SSSR count). The molecule has 68 valence electrons. The minimum Gasteiger partial charge on any atom is -0.478 e. The van der Waals surface area contributed by atoms with Gasteiger partial charge < -0.3 is 9.84 Å². The lowest BCUT2D eigenvalue weighted by Gasteiger charge is -2.19. The normalized spacial score (nSPS) is 19.5. The number of rotatable bonds is 1. The first-order valence-electron chi connectivity index (χ1n) is 3.50. The van der Waals surface area contributed by atoms with Crippen LogP contribution in [0.25, 0.3) is 0 Å². The van der Waals surface area contributed by atoms with Gasteiger partial charge in [-0.3, -0.25) is 4.79 Å². The fourth-order valence-electron chi connectivity index (χ4n) is 0.318. The van der Waals surface area contributed by atoms with Gasteiger partial charge in [0.15, 0.2) is 0 Å². The molecule has 4 nitrogen and oxygen atoms in total. The summed E-state index contributed by atoms with van der Waals surface area (Å²) in [4.78, 5) is 19.6. The quantitative estimate of drug-likeness (QED) is 0.470. The van der Waals surface area contributed by atoms with Crippen molar-refractivity contribution in [3.63, 3.8) is 0 Å². The number of ether oxygens (including phenoxy) is 1. The molecule has 0 aromatic heterocycles. The van der Waals surface area contributed by atoms with Gasteiger partial charge in [-0.15, -0.1) is 0 Å². The van der Waals surface area contributed by atoms with Gasteiger partial charge in [-0.05, 0) is 13.8 Å².